The maximum absolute atomic E-state index is 5.94. The molecular weight excluding hydrogens is 212 g/mol. The Labute approximate surface area is 98.9 Å². The predicted octanol–water partition coefficient (Wildman–Crippen LogP) is 2.65. The molecule has 4 nitrogen and oxygen atoms in total. The van der Waals surface area contributed by atoms with Gasteiger partial charge in [0, 0.05) is 11.8 Å². The van der Waals surface area contributed by atoms with Crippen molar-refractivity contribution in [2.75, 3.05) is 5.73 Å². The summed E-state index contributed by atoms with van der Waals surface area (Å²) in [5.41, 5.74) is 8.63. The molecule has 0 saturated heterocycles. The van der Waals surface area contributed by atoms with Crippen LogP contribution in [0.5, 0.6) is 0 Å². The fourth-order valence-corrected chi connectivity index (χ4v) is 2.12. The van der Waals surface area contributed by atoms with E-state index in [0.29, 0.717) is 5.82 Å². The van der Waals surface area contributed by atoms with Crippen LogP contribution >= 0.6 is 0 Å². The van der Waals surface area contributed by atoms with Crippen LogP contribution in [0.4, 0.5) is 5.82 Å². The van der Waals surface area contributed by atoms with E-state index in [9.17, 15) is 0 Å². The van der Waals surface area contributed by atoms with Crippen molar-refractivity contribution in [2.45, 2.75) is 19.8 Å². The molecule has 0 fully saturated rings. The molecule has 0 amide bonds. The summed E-state index contributed by atoms with van der Waals surface area (Å²) in [6.07, 6.45) is 1.99. The Balaban J connectivity index is 2.39. The number of H-pyrrole nitrogens is 1. The van der Waals surface area contributed by atoms with Gasteiger partial charge in [-0.3, -0.25) is 0 Å². The highest BCUT2D eigenvalue weighted by Crippen LogP contribution is 2.25. The van der Waals surface area contributed by atoms with Gasteiger partial charge in [-0.1, -0.05) is 25.1 Å². The highest BCUT2D eigenvalue weighted by atomic mass is 15.0. The summed E-state index contributed by atoms with van der Waals surface area (Å²) in [6.45, 7) is 2.13. The lowest BCUT2D eigenvalue weighted by molar-refractivity contribution is 0.862. The fraction of sp³-hybridized carbons (Fsp3) is 0.231. The molecule has 3 aromatic rings. The predicted molar refractivity (Wildman–Crippen MR) is 69.8 cm³/mol. The number of rotatable bonds is 2. The molecule has 0 aliphatic carbocycles. The first-order valence-corrected chi connectivity index (χ1v) is 5.82. The second-order valence-electron chi connectivity index (χ2n) is 4.17. The van der Waals surface area contributed by atoms with Crippen LogP contribution in [0.1, 0.15) is 19.2 Å². The standard InChI is InChI=1S/C13H14N4/c1-2-5-10-16-11-8-6-3-4-7-9(8)15-13(14)12(11)17-10/h3-4,6-7H,2,5H2,1H3,(H2,14,15)(H,16,17). The van der Waals surface area contributed by atoms with Crippen LogP contribution in [0.2, 0.25) is 0 Å². The lowest BCUT2D eigenvalue weighted by atomic mass is 10.2. The molecule has 2 aromatic heterocycles. The number of aryl methyl sites for hydroxylation is 1. The largest absolute Gasteiger partial charge is 0.382 e. The molecule has 0 bridgehead atoms. The van der Waals surface area contributed by atoms with Crippen LogP contribution in [0.15, 0.2) is 24.3 Å². The SMILES string of the molecule is CCCc1nc2c(N)nc3ccccc3c2[nH]1. The Hall–Kier alpha value is -2.10. The third-order valence-electron chi connectivity index (χ3n) is 2.90. The van der Waals surface area contributed by atoms with Crippen LogP contribution in [0.3, 0.4) is 0 Å². The molecule has 4 heteroatoms. The first-order valence-electron chi connectivity index (χ1n) is 5.82. The average Bonchev–Trinajstić information content (AvgIpc) is 2.74. The number of aromatic nitrogens is 3. The normalized spacial score (nSPS) is 11.4. The molecule has 3 N–H and O–H groups in total. The van der Waals surface area contributed by atoms with E-state index >= 15 is 0 Å². The number of aromatic amines is 1. The summed E-state index contributed by atoms with van der Waals surface area (Å²) in [4.78, 5) is 12.2. The van der Waals surface area contributed by atoms with Gasteiger partial charge < -0.3 is 10.7 Å². The molecule has 0 aliphatic rings. The van der Waals surface area contributed by atoms with Gasteiger partial charge in [-0.25, -0.2) is 9.97 Å². The van der Waals surface area contributed by atoms with Crippen LogP contribution in [0, 0.1) is 0 Å². The number of nitrogens with one attached hydrogen (secondary N) is 1. The lowest BCUT2D eigenvalue weighted by Crippen LogP contribution is -1.92. The maximum Gasteiger partial charge on any atom is 0.152 e. The van der Waals surface area contributed by atoms with Gasteiger partial charge in [-0.15, -0.1) is 0 Å². The number of fused-ring (bicyclic) bond motifs is 3. The van der Waals surface area contributed by atoms with Crippen molar-refractivity contribution < 1.29 is 0 Å². The summed E-state index contributed by atoms with van der Waals surface area (Å²) in [6, 6.07) is 7.97. The van der Waals surface area contributed by atoms with E-state index in [0.717, 1.165) is 40.6 Å². The van der Waals surface area contributed by atoms with Gasteiger partial charge in [-0.2, -0.15) is 0 Å². The zero-order chi connectivity index (χ0) is 11.8. The minimum atomic E-state index is 0.498. The minimum absolute atomic E-state index is 0.498. The van der Waals surface area contributed by atoms with Crippen molar-refractivity contribution in [1.29, 1.82) is 0 Å². The summed E-state index contributed by atoms with van der Waals surface area (Å²) in [5, 5.41) is 1.08. The maximum atomic E-state index is 5.94. The molecule has 0 saturated carbocycles. The van der Waals surface area contributed by atoms with E-state index in [2.05, 4.69) is 21.9 Å². The van der Waals surface area contributed by atoms with Crippen LogP contribution in [0.25, 0.3) is 21.9 Å². The minimum Gasteiger partial charge on any atom is -0.382 e. The van der Waals surface area contributed by atoms with Crippen molar-refractivity contribution >= 4 is 27.8 Å². The van der Waals surface area contributed by atoms with Gasteiger partial charge >= 0.3 is 0 Å². The summed E-state index contributed by atoms with van der Waals surface area (Å²) in [7, 11) is 0. The Kier molecular flexibility index (Phi) is 2.21. The molecule has 17 heavy (non-hydrogen) atoms. The number of hydrogen-bond donors (Lipinski definition) is 2. The number of nitrogens with two attached hydrogens (primary N) is 1. The number of benzene rings is 1. The Bertz CT molecular complexity index is 684. The van der Waals surface area contributed by atoms with Crippen molar-refractivity contribution in [3.8, 4) is 0 Å². The topological polar surface area (TPSA) is 67.6 Å². The van der Waals surface area contributed by atoms with Gasteiger partial charge in [0.05, 0.1) is 11.0 Å². The molecule has 3 rings (SSSR count). The van der Waals surface area contributed by atoms with E-state index < -0.39 is 0 Å². The van der Waals surface area contributed by atoms with Gasteiger partial charge in [0.2, 0.25) is 0 Å². The summed E-state index contributed by atoms with van der Waals surface area (Å²) < 4.78 is 0. The van der Waals surface area contributed by atoms with Gasteiger partial charge in [0.15, 0.2) is 5.82 Å². The van der Waals surface area contributed by atoms with E-state index in [1.807, 2.05) is 24.3 Å². The Morgan fingerprint density at radius 3 is 2.88 bits per heavy atom. The van der Waals surface area contributed by atoms with Crippen molar-refractivity contribution in [1.82, 2.24) is 15.0 Å². The number of anilines is 1. The lowest BCUT2D eigenvalue weighted by Gasteiger charge is -1.99. The zero-order valence-electron chi connectivity index (χ0n) is 9.70. The second kappa shape index (κ2) is 3.73. The van der Waals surface area contributed by atoms with Crippen molar-refractivity contribution in [3.63, 3.8) is 0 Å². The van der Waals surface area contributed by atoms with Gasteiger partial charge in [-0.05, 0) is 12.5 Å². The number of nitrogen functional groups attached to an aromatic ring is 1. The number of hydrogen-bond acceptors (Lipinski definition) is 3. The highest BCUT2D eigenvalue weighted by Gasteiger charge is 2.10. The summed E-state index contributed by atoms with van der Waals surface area (Å²) >= 11 is 0. The molecule has 1 aromatic carbocycles. The van der Waals surface area contributed by atoms with E-state index in [4.69, 9.17) is 5.73 Å². The van der Waals surface area contributed by atoms with E-state index in [1.165, 1.54) is 0 Å². The second-order valence-corrected chi connectivity index (χ2v) is 4.17. The molecule has 0 unspecified atom stereocenters. The van der Waals surface area contributed by atoms with Crippen molar-refractivity contribution in [2.24, 2.45) is 0 Å². The third kappa shape index (κ3) is 1.53. The molecule has 86 valence electrons. The number of imidazole rings is 1. The third-order valence-corrected chi connectivity index (χ3v) is 2.90. The first-order chi connectivity index (χ1) is 8.29. The quantitative estimate of drug-likeness (QED) is 0.705. The van der Waals surface area contributed by atoms with Crippen LogP contribution < -0.4 is 5.73 Å². The Morgan fingerprint density at radius 1 is 1.24 bits per heavy atom. The molecule has 0 radical (unpaired) electrons. The highest BCUT2D eigenvalue weighted by molar-refractivity contribution is 6.05. The molecule has 0 spiro atoms. The van der Waals surface area contributed by atoms with E-state index in [-0.39, 0.29) is 0 Å². The molecular formula is C13H14N4. The van der Waals surface area contributed by atoms with Crippen LogP contribution in [-0.2, 0) is 6.42 Å². The summed E-state index contributed by atoms with van der Waals surface area (Å²) in [5.74, 6) is 1.48. The number of para-hydroxylation sites is 1. The van der Waals surface area contributed by atoms with E-state index in [1.54, 1.807) is 0 Å². The molecule has 0 atom stereocenters. The molecule has 0 aliphatic heterocycles. The van der Waals surface area contributed by atoms with Crippen LogP contribution in [-0.4, -0.2) is 15.0 Å². The molecule has 2 heterocycles. The zero-order valence-corrected chi connectivity index (χ0v) is 9.70. The smallest absolute Gasteiger partial charge is 0.152 e. The number of nitrogens with zero attached hydrogens (tertiary/aromatic N) is 2. The first kappa shape index (κ1) is 10.1. The monoisotopic (exact) mass is 226 g/mol. The van der Waals surface area contributed by atoms with Crippen molar-refractivity contribution in [3.05, 3.63) is 30.1 Å². The Morgan fingerprint density at radius 2 is 2.06 bits per heavy atom. The fourth-order valence-electron chi connectivity index (χ4n) is 2.12. The van der Waals surface area contributed by atoms with Gasteiger partial charge in [0.25, 0.3) is 0 Å². The number of pyridine rings is 1. The average molecular weight is 226 g/mol. The van der Waals surface area contributed by atoms with Gasteiger partial charge in [0.1, 0.15) is 11.3 Å².